The van der Waals surface area contributed by atoms with Crippen LogP contribution in [0.25, 0.3) is 16.6 Å². The van der Waals surface area contributed by atoms with Crippen LogP contribution >= 0.6 is 0 Å². The van der Waals surface area contributed by atoms with E-state index in [9.17, 15) is 22.9 Å². The van der Waals surface area contributed by atoms with Crippen molar-refractivity contribution in [1.29, 1.82) is 5.26 Å². The van der Waals surface area contributed by atoms with Gasteiger partial charge in [0.1, 0.15) is 29.1 Å². The summed E-state index contributed by atoms with van der Waals surface area (Å²) < 4.78 is 42.6. The molecule has 5 rings (SSSR count). The van der Waals surface area contributed by atoms with Gasteiger partial charge in [-0.2, -0.15) is 15.2 Å². The van der Waals surface area contributed by atoms with Gasteiger partial charge in [-0.05, 0) is 49.4 Å². The summed E-state index contributed by atoms with van der Waals surface area (Å²) in [6, 6.07) is 18.3. The van der Waals surface area contributed by atoms with Gasteiger partial charge in [-0.25, -0.2) is 17.8 Å². The van der Waals surface area contributed by atoms with Crippen LogP contribution in [0.2, 0.25) is 0 Å². The Morgan fingerprint density at radius 1 is 1.00 bits per heavy atom. The van der Waals surface area contributed by atoms with E-state index in [0.717, 1.165) is 10.6 Å². The minimum Gasteiger partial charge on any atom is -0.382 e. The fourth-order valence-corrected chi connectivity index (χ4v) is 5.79. The molecule has 200 valence electrons. The number of hydrogen-bond donors (Lipinski definition) is 3. The maximum atomic E-state index is 14.3. The zero-order chi connectivity index (χ0) is 28.6. The van der Waals surface area contributed by atoms with E-state index in [-0.39, 0.29) is 55.4 Å². The van der Waals surface area contributed by atoms with E-state index >= 15 is 0 Å². The molecule has 2 aromatic heterocycles. The highest BCUT2D eigenvalue weighted by molar-refractivity contribution is 7.91. The Morgan fingerprint density at radius 2 is 1.73 bits per heavy atom. The van der Waals surface area contributed by atoms with Crippen LogP contribution < -0.4 is 22.3 Å². The number of aromatic nitrogens is 4. The molecule has 0 aliphatic rings. The number of hydrogen-bond acceptors (Lipinski definition) is 10. The molecule has 2 heterocycles. The molecule has 0 amide bonds. The number of anilines is 3. The molecule has 11 nitrogen and oxygen atoms in total. The van der Waals surface area contributed by atoms with Gasteiger partial charge in [0.25, 0.3) is 5.56 Å². The molecule has 40 heavy (non-hydrogen) atoms. The molecular formula is C27H21FN8O3S. The van der Waals surface area contributed by atoms with Crippen LogP contribution in [0, 0.1) is 17.1 Å². The molecule has 3 aromatic carbocycles. The molecule has 13 heteroatoms. The first kappa shape index (κ1) is 26.3. The first-order valence-electron chi connectivity index (χ1n) is 11.8. The van der Waals surface area contributed by atoms with E-state index in [2.05, 4.69) is 20.3 Å². The predicted octanol–water partition coefficient (Wildman–Crippen LogP) is 3.36. The first-order valence-corrected chi connectivity index (χ1v) is 13.3. The molecule has 0 spiro atoms. The van der Waals surface area contributed by atoms with E-state index < -0.39 is 27.3 Å². The zero-order valence-corrected chi connectivity index (χ0v) is 21.7. The Bertz CT molecular complexity index is 1990. The summed E-state index contributed by atoms with van der Waals surface area (Å²) in [5, 5.41) is 12.4. The highest BCUT2D eigenvalue weighted by Gasteiger charge is 2.26. The lowest BCUT2D eigenvalue weighted by Gasteiger charge is -2.21. The third-order valence-corrected chi connectivity index (χ3v) is 7.91. The maximum Gasteiger partial charge on any atom is 0.267 e. The Kier molecular flexibility index (Phi) is 6.62. The van der Waals surface area contributed by atoms with Gasteiger partial charge >= 0.3 is 0 Å². The summed E-state index contributed by atoms with van der Waals surface area (Å²) >= 11 is 0. The smallest absolute Gasteiger partial charge is 0.267 e. The fraction of sp³-hybridized carbons (Fsp3) is 0.0741. The van der Waals surface area contributed by atoms with E-state index in [1.807, 2.05) is 6.07 Å². The van der Waals surface area contributed by atoms with Crippen molar-refractivity contribution in [2.75, 3.05) is 16.8 Å². The Morgan fingerprint density at radius 3 is 2.42 bits per heavy atom. The fourth-order valence-electron chi connectivity index (χ4n) is 4.30. The molecule has 1 atom stereocenters. The summed E-state index contributed by atoms with van der Waals surface area (Å²) in [4.78, 5) is 26.4. The largest absolute Gasteiger partial charge is 0.382 e. The summed E-state index contributed by atoms with van der Waals surface area (Å²) in [7, 11) is -4.12. The average Bonchev–Trinajstić information content (AvgIpc) is 2.93. The zero-order valence-electron chi connectivity index (χ0n) is 20.9. The summed E-state index contributed by atoms with van der Waals surface area (Å²) in [6.07, 6.45) is 0. The number of nitrogen functional groups attached to an aromatic ring is 2. The van der Waals surface area contributed by atoms with E-state index in [0.29, 0.717) is 0 Å². The standard InChI is InChI=1S/C27H21FN8O3S/c1-15(32-24-19(14-29)23(30)34-27(31)35-24)25-33-20-11-6-12-21(40(38,39)18-9-3-2-4-10-18)22(20)26(37)36(25)17-8-5-7-16(28)13-17/h2-13,15H,1H3,(H5,30,31,32,34,35). The summed E-state index contributed by atoms with van der Waals surface area (Å²) in [6.45, 7) is 1.63. The molecule has 5 N–H and O–H groups in total. The summed E-state index contributed by atoms with van der Waals surface area (Å²) in [5.41, 5.74) is 10.9. The van der Waals surface area contributed by atoms with Crippen molar-refractivity contribution in [2.45, 2.75) is 22.8 Å². The number of nitrogens with one attached hydrogen (secondary N) is 1. The lowest BCUT2D eigenvalue weighted by molar-refractivity contribution is 0.596. The van der Waals surface area contributed by atoms with Crippen molar-refractivity contribution in [1.82, 2.24) is 19.5 Å². The third-order valence-electron chi connectivity index (χ3n) is 6.10. The van der Waals surface area contributed by atoms with Gasteiger partial charge in [-0.15, -0.1) is 0 Å². The number of halogens is 1. The molecule has 0 saturated heterocycles. The molecule has 0 aliphatic carbocycles. The van der Waals surface area contributed by atoms with Crippen LogP contribution in [-0.2, 0) is 9.84 Å². The second-order valence-corrected chi connectivity index (χ2v) is 10.6. The Labute approximate surface area is 227 Å². The highest BCUT2D eigenvalue weighted by Crippen LogP contribution is 2.29. The van der Waals surface area contributed by atoms with Crippen LogP contribution in [-0.4, -0.2) is 27.9 Å². The number of fused-ring (bicyclic) bond motifs is 1. The predicted molar refractivity (Wildman–Crippen MR) is 147 cm³/mol. The summed E-state index contributed by atoms with van der Waals surface area (Å²) in [5.74, 6) is -0.868. The second-order valence-electron chi connectivity index (χ2n) is 8.73. The topological polar surface area (TPSA) is 183 Å². The van der Waals surface area contributed by atoms with Crippen LogP contribution in [0.1, 0.15) is 24.4 Å². The molecule has 0 aliphatic heterocycles. The van der Waals surface area contributed by atoms with E-state index in [1.54, 1.807) is 25.1 Å². The maximum absolute atomic E-state index is 14.3. The molecule has 1 unspecified atom stereocenters. The lowest BCUT2D eigenvalue weighted by Crippen LogP contribution is -2.28. The number of nitrogens with two attached hydrogens (primary N) is 2. The Hall–Kier alpha value is -5.35. The molecule has 0 bridgehead atoms. The van der Waals surface area contributed by atoms with Gasteiger partial charge in [-0.1, -0.05) is 30.3 Å². The Balaban J connectivity index is 1.79. The van der Waals surface area contributed by atoms with Crippen LogP contribution in [0.5, 0.6) is 0 Å². The average molecular weight is 557 g/mol. The van der Waals surface area contributed by atoms with Gasteiger partial charge in [0, 0.05) is 0 Å². The molecule has 0 radical (unpaired) electrons. The first-order chi connectivity index (χ1) is 19.1. The van der Waals surface area contributed by atoms with Gasteiger partial charge in [0.05, 0.1) is 32.4 Å². The number of benzene rings is 3. The quantitative estimate of drug-likeness (QED) is 0.280. The number of nitriles is 1. The van der Waals surface area contributed by atoms with Crippen molar-refractivity contribution < 1.29 is 12.8 Å². The molecule has 0 saturated carbocycles. The molecule has 0 fully saturated rings. The van der Waals surface area contributed by atoms with Crippen LogP contribution in [0.15, 0.2) is 87.4 Å². The number of nitrogens with zero attached hydrogens (tertiary/aromatic N) is 5. The van der Waals surface area contributed by atoms with Crippen molar-refractivity contribution in [3.05, 3.63) is 100 Å². The lowest BCUT2D eigenvalue weighted by atomic mass is 10.2. The van der Waals surface area contributed by atoms with Crippen molar-refractivity contribution in [3.63, 3.8) is 0 Å². The van der Waals surface area contributed by atoms with E-state index in [4.69, 9.17) is 11.5 Å². The monoisotopic (exact) mass is 556 g/mol. The minimum atomic E-state index is -4.12. The number of rotatable bonds is 6. The van der Waals surface area contributed by atoms with Gasteiger partial charge in [0.2, 0.25) is 15.8 Å². The van der Waals surface area contributed by atoms with Gasteiger partial charge < -0.3 is 16.8 Å². The number of sulfone groups is 1. The SMILES string of the molecule is CC(Nc1nc(N)nc(N)c1C#N)c1nc2cccc(S(=O)(=O)c3ccccc3)c2c(=O)n1-c1cccc(F)c1. The van der Waals surface area contributed by atoms with Crippen molar-refractivity contribution >= 4 is 38.3 Å². The van der Waals surface area contributed by atoms with Crippen LogP contribution in [0.3, 0.4) is 0 Å². The molecule has 5 aromatic rings. The van der Waals surface area contributed by atoms with Crippen molar-refractivity contribution in [3.8, 4) is 11.8 Å². The second kappa shape index (κ2) is 10.1. The third kappa shape index (κ3) is 4.56. The van der Waals surface area contributed by atoms with Crippen molar-refractivity contribution in [2.24, 2.45) is 0 Å². The minimum absolute atomic E-state index is 0.000504. The van der Waals surface area contributed by atoms with Gasteiger partial charge in [-0.3, -0.25) is 9.36 Å². The molecular weight excluding hydrogens is 535 g/mol. The normalized spacial score (nSPS) is 12.1. The van der Waals surface area contributed by atoms with Crippen LogP contribution in [0.4, 0.5) is 22.0 Å². The van der Waals surface area contributed by atoms with E-state index in [1.165, 1.54) is 48.5 Å². The highest BCUT2D eigenvalue weighted by atomic mass is 32.2. The van der Waals surface area contributed by atoms with Gasteiger partial charge in [0.15, 0.2) is 5.82 Å².